The van der Waals surface area contributed by atoms with Gasteiger partial charge in [0.15, 0.2) is 5.82 Å². The summed E-state index contributed by atoms with van der Waals surface area (Å²) in [6, 6.07) is 56.1. The predicted molar refractivity (Wildman–Crippen MR) is 198 cm³/mol. The van der Waals surface area contributed by atoms with Gasteiger partial charge in [0.1, 0.15) is 0 Å². The maximum absolute atomic E-state index is 4.97. The quantitative estimate of drug-likeness (QED) is 0.129. The summed E-state index contributed by atoms with van der Waals surface area (Å²) in [5.41, 5.74) is 10.5. The number of hydrogen-bond acceptors (Lipinski definition) is 2. The first-order chi connectivity index (χ1) is 23.3. The van der Waals surface area contributed by atoms with Crippen LogP contribution in [0.3, 0.4) is 0 Å². The lowest BCUT2D eigenvalue weighted by Gasteiger charge is -2.10. The number of aromatic nitrogens is 2. The highest BCUT2D eigenvalue weighted by atomic mass is 14.9. The monoisotopic (exact) mass is 608 g/mol. The Morgan fingerprint density at radius 3 is 1.40 bits per heavy atom. The molecular formula is C45H40N2. The number of aryl methyl sites for hydroxylation is 2. The molecule has 1 heterocycles. The molecule has 0 amide bonds. The molecule has 0 saturated carbocycles. The van der Waals surface area contributed by atoms with Gasteiger partial charge in [0.25, 0.3) is 0 Å². The van der Waals surface area contributed by atoms with E-state index in [1.54, 1.807) is 0 Å². The molecule has 230 valence electrons. The van der Waals surface area contributed by atoms with Crippen molar-refractivity contribution in [3.8, 4) is 45.0 Å². The fraction of sp³-hybridized carbons (Fsp3) is 0.156. The highest BCUT2D eigenvalue weighted by Gasteiger charge is 2.10. The van der Waals surface area contributed by atoms with Gasteiger partial charge in [-0.2, -0.15) is 0 Å². The summed E-state index contributed by atoms with van der Waals surface area (Å²) in [6.07, 6.45) is 8.59. The van der Waals surface area contributed by atoms with Gasteiger partial charge in [0.05, 0.1) is 11.4 Å². The van der Waals surface area contributed by atoms with Crippen LogP contribution in [0.2, 0.25) is 0 Å². The zero-order valence-corrected chi connectivity index (χ0v) is 26.9. The number of fused-ring (bicyclic) bond motifs is 1. The molecule has 0 aliphatic heterocycles. The van der Waals surface area contributed by atoms with Crippen LogP contribution in [0.1, 0.15) is 43.2 Å². The van der Waals surface area contributed by atoms with Crippen LogP contribution >= 0.6 is 0 Å². The Labute approximate surface area is 278 Å². The predicted octanol–water partition coefficient (Wildman–Crippen LogP) is 12.0. The van der Waals surface area contributed by atoms with Gasteiger partial charge in [0, 0.05) is 16.7 Å². The first kappa shape index (κ1) is 30.3. The van der Waals surface area contributed by atoms with Crippen LogP contribution in [-0.2, 0) is 12.8 Å². The molecule has 0 fully saturated rings. The summed E-state index contributed by atoms with van der Waals surface area (Å²) in [4.78, 5) is 9.89. The van der Waals surface area contributed by atoms with Crippen molar-refractivity contribution in [2.45, 2.75) is 44.9 Å². The topological polar surface area (TPSA) is 25.8 Å². The molecule has 7 rings (SSSR count). The number of unbranched alkanes of at least 4 members (excludes halogenated alkanes) is 4. The summed E-state index contributed by atoms with van der Waals surface area (Å²) < 4.78 is 0. The molecule has 0 aliphatic carbocycles. The van der Waals surface area contributed by atoms with Crippen LogP contribution in [-0.4, -0.2) is 9.97 Å². The van der Waals surface area contributed by atoms with E-state index in [0.29, 0.717) is 0 Å². The van der Waals surface area contributed by atoms with Crippen LogP contribution in [0.5, 0.6) is 0 Å². The van der Waals surface area contributed by atoms with Crippen LogP contribution < -0.4 is 0 Å². The minimum Gasteiger partial charge on any atom is -0.228 e. The lowest BCUT2D eigenvalue weighted by atomic mass is 9.98. The van der Waals surface area contributed by atoms with E-state index in [1.165, 1.54) is 65.1 Å². The van der Waals surface area contributed by atoms with E-state index in [9.17, 15) is 0 Å². The van der Waals surface area contributed by atoms with Gasteiger partial charge in [0.2, 0.25) is 0 Å². The van der Waals surface area contributed by atoms with E-state index < -0.39 is 0 Å². The van der Waals surface area contributed by atoms with Crippen molar-refractivity contribution in [2.24, 2.45) is 0 Å². The molecule has 0 saturated heterocycles. The van der Waals surface area contributed by atoms with Crippen molar-refractivity contribution in [2.75, 3.05) is 0 Å². The summed E-state index contributed by atoms with van der Waals surface area (Å²) in [5.74, 6) is 0.754. The second-order valence-corrected chi connectivity index (χ2v) is 12.4. The Morgan fingerprint density at radius 1 is 0.319 bits per heavy atom. The van der Waals surface area contributed by atoms with Crippen LogP contribution in [0, 0.1) is 0 Å². The number of hydrogen-bond donors (Lipinski definition) is 0. The summed E-state index contributed by atoms with van der Waals surface area (Å²) >= 11 is 0. The van der Waals surface area contributed by atoms with E-state index in [1.807, 2.05) is 24.3 Å². The molecule has 2 heteroatoms. The second kappa shape index (κ2) is 14.8. The lowest BCUT2D eigenvalue weighted by Crippen LogP contribution is -1.96. The Balaban J connectivity index is 0.887. The molecule has 0 aliphatic rings. The van der Waals surface area contributed by atoms with Crippen LogP contribution in [0.25, 0.3) is 55.8 Å². The maximum atomic E-state index is 4.97. The molecule has 6 aromatic carbocycles. The lowest BCUT2D eigenvalue weighted by molar-refractivity contribution is 0.613. The van der Waals surface area contributed by atoms with E-state index in [0.717, 1.165) is 46.7 Å². The molecule has 0 atom stereocenters. The highest BCUT2D eigenvalue weighted by Crippen LogP contribution is 2.28. The molecule has 0 bridgehead atoms. The molecule has 0 radical (unpaired) electrons. The minimum absolute atomic E-state index is 0.754. The van der Waals surface area contributed by atoms with E-state index in [4.69, 9.17) is 9.97 Å². The molecule has 0 unspecified atom stereocenters. The smallest absolute Gasteiger partial charge is 0.160 e. The second-order valence-electron chi connectivity index (χ2n) is 12.4. The third kappa shape index (κ3) is 7.73. The van der Waals surface area contributed by atoms with Crippen molar-refractivity contribution in [1.29, 1.82) is 0 Å². The number of nitrogens with zero attached hydrogens (tertiary/aromatic N) is 2. The molecule has 7 aromatic rings. The summed E-state index contributed by atoms with van der Waals surface area (Å²) in [6.45, 7) is 0. The van der Waals surface area contributed by atoms with Gasteiger partial charge in [-0.1, -0.05) is 165 Å². The first-order valence-electron chi connectivity index (χ1n) is 17.0. The maximum Gasteiger partial charge on any atom is 0.160 e. The standard InChI is InChI=1S/C45H40N2/c1(2-6-14-34-22-26-37(27-23-34)42-31-30-36-16-12-13-21-41(36)32-42)3-7-15-35-24-28-39(29-25-35)44-33-43(38-17-8-4-9-18-38)46-45(47-44)40-19-10-5-11-20-40/h4-5,8-13,16-33H,1-3,6-7,14-15H2. The molecule has 1 aromatic heterocycles. The largest absolute Gasteiger partial charge is 0.228 e. The number of benzene rings is 6. The minimum atomic E-state index is 0.754. The molecule has 0 spiro atoms. The fourth-order valence-corrected chi connectivity index (χ4v) is 6.33. The van der Waals surface area contributed by atoms with E-state index in [-0.39, 0.29) is 0 Å². The van der Waals surface area contributed by atoms with Gasteiger partial charge >= 0.3 is 0 Å². The van der Waals surface area contributed by atoms with Crippen molar-refractivity contribution >= 4 is 10.8 Å². The van der Waals surface area contributed by atoms with Gasteiger partial charge in [-0.3, -0.25) is 0 Å². The Morgan fingerprint density at radius 2 is 0.787 bits per heavy atom. The van der Waals surface area contributed by atoms with Gasteiger partial charge in [-0.25, -0.2) is 9.97 Å². The third-order valence-electron chi connectivity index (χ3n) is 9.05. The van der Waals surface area contributed by atoms with Crippen molar-refractivity contribution in [1.82, 2.24) is 9.97 Å². The summed E-state index contributed by atoms with van der Waals surface area (Å²) in [7, 11) is 0. The molecule has 2 nitrogen and oxygen atoms in total. The average Bonchev–Trinajstić information content (AvgIpc) is 3.15. The van der Waals surface area contributed by atoms with Gasteiger partial charge in [-0.05, 0) is 70.8 Å². The van der Waals surface area contributed by atoms with Crippen molar-refractivity contribution in [3.05, 3.63) is 169 Å². The number of rotatable bonds is 12. The molecular weight excluding hydrogens is 569 g/mol. The summed E-state index contributed by atoms with van der Waals surface area (Å²) in [5, 5.41) is 2.59. The van der Waals surface area contributed by atoms with Gasteiger partial charge < -0.3 is 0 Å². The first-order valence-corrected chi connectivity index (χ1v) is 17.0. The van der Waals surface area contributed by atoms with Crippen LogP contribution in [0.15, 0.2) is 158 Å². The Bertz CT molecular complexity index is 1970. The zero-order chi connectivity index (χ0) is 31.7. The van der Waals surface area contributed by atoms with Crippen molar-refractivity contribution < 1.29 is 0 Å². The molecule has 0 N–H and O–H groups in total. The normalized spacial score (nSPS) is 11.1. The fourth-order valence-electron chi connectivity index (χ4n) is 6.33. The molecule has 47 heavy (non-hydrogen) atoms. The van der Waals surface area contributed by atoms with Crippen LogP contribution in [0.4, 0.5) is 0 Å². The third-order valence-corrected chi connectivity index (χ3v) is 9.05. The zero-order valence-electron chi connectivity index (χ0n) is 26.9. The highest BCUT2D eigenvalue weighted by molar-refractivity contribution is 5.87. The average molecular weight is 609 g/mol. The van der Waals surface area contributed by atoms with Crippen molar-refractivity contribution in [3.63, 3.8) is 0 Å². The van der Waals surface area contributed by atoms with Gasteiger partial charge in [-0.15, -0.1) is 0 Å². The Hall–Kier alpha value is -5.34. The van der Waals surface area contributed by atoms with E-state index in [2.05, 4.69) is 133 Å². The van der Waals surface area contributed by atoms with E-state index >= 15 is 0 Å². The Kier molecular flexibility index (Phi) is 9.57. The SMILES string of the molecule is c1ccc(-c2cc(-c3ccc(CCCCCCCc4ccc(-c5ccc6ccccc6c5)cc4)cc3)nc(-c3ccccc3)n2)cc1.